The van der Waals surface area contributed by atoms with Crippen LogP contribution in [0.3, 0.4) is 0 Å². The van der Waals surface area contributed by atoms with Crippen LogP contribution < -0.4 is 10.2 Å². The number of nitrogens with one attached hydrogen (secondary N) is 1. The van der Waals surface area contributed by atoms with E-state index in [-0.39, 0.29) is 5.92 Å². The van der Waals surface area contributed by atoms with Crippen LogP contribution in [0.2, 0.25) is 0 Å². The first-order chi connectivity index (χ1) is 7.60. The molecule has 0 aromatic carbocycles. The lowest BCUT2D eigenvalue weighted by Gasteiger charge is -2.19. The van der Waals surface area contributed by atoms with E-state index in [0.717, 1.165) is 18.9 Å². The van der Waals surface area contributed by atoms with Crippen LogP contribution in [0.25, 0.3) is 0 Å². The van der Waals surface area contributed by atoms with Crippen molar-refractivity contribution >= 4 is 5.95 Å². The molecule has 0 fully saturated rings. The predicted molar refractivity (Wildman–Crippen MR) is 64.8 cm³/mol. The molecule has 5 nitrogen and oxygen atoms in total. The number of anilines is 1. The highest BCUT2D eigenvalue weighted by molar-refractivity contribution is 5.24. The fourth-order valence-electron chi connectivity index (χ4n) is 1.77. The monoisotopic (exact) mass is 226 g/mol. The van der Waals surface area contributed by atoms with Gasteiger partial charge in [-0.1, -0.05) is 13.8 Å². The van der Waals surface area contributed by atoms with E-state index in [2.05, 4.69) is 36.2 Å². The van der Waals surface area contributed by atoms with Crippen LogP contribution >= 0.6 is 0 Å². The van der Waals surface area contributed by atoms with Gasteiger partial charge in [-0.2, -0.15) is 4.98 Å². The van der Waals surface area contributed by atoms with Crippen molar-refractivity contribution in [3.8, 4) is 0 Å². The molecule has 0 aliphatic carbocycles. The summed E-state index contributed by atoms with van der Waals surface area (Å²) in [5.74, 6) is 1.64. The van der Waals surface area contributed by atoms with Crippen LogP contribution in [0.1, 0.15) is 39.0 Å². The summed E-state index contributed by atoms with van der Waals surface area (Å²) >= 11 is 0. The number of likely N-dealkylation sites (N-methyl/N-ethyl adjacent to an activating group) is 1. The van der Waals surface area contributed by atoms with Crippen molar-refractivity contribution in [2.45, 2.75) is 39.2 Å². The Morgan fingerprint density at radius 1 is 1.38 bits per heavy atom. The second-order valence-electron chi connectivity index (χ2n) is 4.19. The molecular weight excluding hydrogens is 204 g/mol. The van der Waals surface area contributed by atoms with E-state index in [1.807, 2.05) is 19.0 Å². The molecule has 0 amide bonds. The van der Waals surface area contributed by atoms with E-state index < -0.39 is 0 Å². The summed E-state index contributed by atoms with van der Waals surface area (Å²) in [7, 11) is 3.81. The largest absolute Gasteiger partial charge is 0.344 e. The third-order valence-electron chi connectivity index (χ3n) is 2.72. The molecule has 1 rings (SSSR count). The van der Waals surface area contributed by atoms with Gasteiger partial charge in [-0.25, -0.2) is 0 Å². The summed E-state index contributed by atoms with van der Waals surface area (Å²) in [6.45, 7) is 7.34. The Bertz CT molecular complexity index is 311. The minimum Gasteiger partial charge on any atom is -0.344 e. The molecule has 5 heteroatoms. The fourth-order valence-corrected chi connectivity index (χ4v) is 1.77. The van der Waals surface area contributed by atoms with Crippen LogP contribution in [0.4, 0.5) is 5.95 Å². The lowest BCUT2D eigenvalue weighted by atomic mass is 9.98. The molecule has 0 aliphatic rings. The Morgan fingerprint density at radius 2 is 2.06 bits per heavy atom. The first kappa shape index (κ1) is 13.0. The fraction of sp³-hybridized carbons (Fsp3) is 0.818. The Kier molecular flexibility index (Phi) is 4.73. The topological polar surface area (TPSA) is 54.2 Å². The van der Waals surface area contributed by atoms with Gasteiger partial charge in [-0.3, -0.25) is 0 Å². The number of rotatable bonds is 6. The third kappa shape index (κ3) is 2.95. The van der Waals surface area contributed by atoms with Gasteiger partial charge in [0, 0.05) is 20.1 Å². The van der Waals surface area contributed by atoms with Gasteiger partial charge in [0.2, 0.25) is 5.89 Å². The van der Waals surface area contributed by atoms with E-state index >= 15 is 0 Å². The van der Waals surface area contributed by atoms with Crippen LogP contribution in [0, 0.1) is 0 Å². The molecule has 2 atom stereocenters. The number of hydrogen-bond acceptors (Lipinski definition) is 5. The maximum Gasteiger partial charge on any atom is 0.265 e. The Balaban J connectivity index is 2.78. The van der Waals surface area contributed by atoms with Gasteiger partial charge in [0.15, 0.2) is 0 Å². The van der Waals surface area contributed by atoms with Gasteiger partial charge in [0.25, 0.3) is 5.95 Å². The normalized spacial score (nSPS) is 14.8. The Labute approximate surface area is 97.2 Å². The molecule has 0 saturated heterocycles. The second-order valence-corrected chi connectivity index (χ2v) is 4.19. The maximum atomic E-state index is 5.30. The van der Waals surface area contributed by atoms with Gasteiger partial charge in [0.1, 0.15) is 0 Å². The molecule has 0 aliphatic heterocycles. The van der Waals surface area contributed by atoms with E-state index in [9.17, 15) is 0 Å². The lowest BCUT2D eigenvalue weighted by molar-refractivity contribution is 0.318. The van der Waals surface area contributed by atoms with Crippen molar-refractivity contribution in [2.24, 2.45) is 0 Å². The van der Waals surface area contributed by atoms with Gasteiger partial charge in [-0.15, -0.1) is 0 Å². The van der Waals surface area contributed by atoms with Gasteiger partial charge >= 0.3 is 0 Å². The van der Waals surface area contributed by atoms with Crippen LogP contribution in [0.15, 0.2) is 4.52 Å². The van der Waals surface area contributed by atoms with Gasteiger partial charge in [-0.05, 0) is 25.0 Å². The molecule has 0 radical (unpaired) electrons. The quantitative estimate of drug-likeness (QED) is 0.799. The summed E-state index contributed by atoms with van der Waals surface area (Å²) < 4.78 is 5.30. The van der Waals surface area contributed by atoms with Crippen molar-refractivity contribution in [3.05, 3.63) is 5.89 Å². The highest BCUT2D eigenvalue weighted by atomic mass is 16.5. The van der Waals surface area contributed by atoms with Gasteiger partial charge < -0.3 is 14.7 Å². The SMILES string of the molecule is CCNC(C)C(CC)c1nc(N(C)C)no1. The van der Waals surface area contributed by atoms with E-state index in [1.165, 1.54) is 0 Å². The Morgan fingerprint density at radius 3 is 2.50 bits per heavy atom. The highest BCUT2D eigenvalue weighted by Crippen LogP contribution is 2.23. The van der Waals surface area contributed by atoms with E-state index in [4.69, 9.17) is 4.52 Å². The Hall–Kier alpha value is -1.10. The summed E-state index contributed by atoms with van der Waals surface area (Å²) in [6.07, 6.45) is 0.989. The first-order valence-electron chi connectivity index (χ1n) is 5.84. The minimum atomic E-state index is 0.279. The molecule has 0 spiro atoms. The maximum absolute atomic E-state index is 5.30. The van der Waals surface area contributed by atoms with Gasteiger partial charge in [0.05, 0.1) is 5.92 Å². The molecular formula is C11H22N4O. The highest BCUT2D eigenvalue weighted by Gasteiger charge is 2.23. The average molecular weight is 226 g/mol. The van der Waals surface area contributed by atoms with Crippen molar-refractivity contribution < 1.29 is 4.52 Å². The number of hydrogen-bond donors (Lipinski definition) is 1. The average Bonchev–Trinajstić information content (AvgIpc) is 2.68. The summed E-state index contributed by atoms with van der Waals surface area (Å²) in [4.78, 5) is 6.24. The lowest BCUT2D eigenvalue weighted by Crippen LogP contribution is -2.31. The second kappa shape index (κ2) is 5.84. The molecule has 0 bridgehead atoms. The molecule has 2 unspecified atom stereocenters. The summed E-state index contributed by atoms with van der Waals surface area (Å²) in [5.41, 5.74) is 0. The smallest absolute Gasteiger partial charge is 0.265 e. The zero-order valence-electron chi connectivity index (χ0n) is 10.8. The summed E-state index contributed by atoms with van der Waals surface area (Å²) in [6, 6.07) is 0.352. The van der Waals surface area contributed by atoms with Crippen LogP contribution in [0.5, 0.6) is 0 Å². The number of aromatic nitrogens is 2. The zero-order valence-corrected chi connectivity index (χ0v) is 10.8. The molecule has 1 N–H and O–H groups in total. The standard InChI is InChI=1S/C11H22N4O/c1-6-9(8(3)12-7-2)10-13-11(14-16-10)15(4)5/h8-9,12H,6-7H2,1-5H3. The van der Waals surface area contributed by atoms with Crippen LogP contribution in [-0.2, 0) is 0 Å². The van der Waals surface area contributed by atoms with E-state index in [0.29, 0.717) is 12.0 Å². The van der Waals surface area contributed by atoms with E-state index in [1.54, 1.807) is 0 Å². The predicted octanol–water partition coefficient (Wildman–Crippen LogP) is 1.63. The molecule has 92 valence electrons. The van der Waals surface area contributed by atoms with Crippen molar-refractivity contribution in [2.75, 3.05) is 25.5 Å². The molecule has 16 heavy (non-hydrogen) atoms. The van der Waals surface area contributed by atoms with Crippen molar-refractivity contribution in [1.29, 1.82) is 0 Å². The zero-order chi connectivity index (χ0) is 12.1. The van der Waals surface area contributed by atoms with Crippen molar-refractivity contribution in [3.63, 3.8) is 0 Å². The number of nitrogens with zero attached hydrogens (tertiary/aromatic N) is 3. The van der Waals surface area contributed by atoms with Crippen LogP contribution in [-0.4, -0.2) is 36.8 Å². The first-order valence-corrected chi connectivity index (χ1v) is 5.84. The molecule has 0 saturated carbocycles. The molecule has 1 aromatic rings. The molecule has 1 aromatic heterocycles. The molecule has 1 heterocycles. The van der Waals surface area contributed by atoms with Crippen molar-refractivity contribution in [1.82, 2.24) is 15.5 Å². The minimum absolute atomic E-state index is 0.279. The third-order valence-corrected chi connectivity index (χ3v) is 2.72. The summed E-state index contributed by atoms with van der Waals surface area (Å²) in [5, 5.41) is 7.33.